The number of nitrogens with zero attached hydrogens (tertiary/aromatic N) is 2. The van der Waals surface area contributed by atoms with E-state index in [-0.39, 0.29) is 23.5 Å². The molecule has 4 nitrogen and oxygen atoms in total. The highest BCUT2D eigenvalue weighted by Gasteiger charge is 2.35. The molecule has 140 valence electrons. The van der Waals surface area contributed by atoms with Gasteiger partial charge in [0.2, 0.25) is 0 Å². The fraction of sp³-hybridized carbons (Fsp3) is 0.0909. The van der Waals surface area contributed by atoms with Crippen molar-refractivity contribution in [3.8, 4) is 0 Å². The summed E-state index contributed by atoms with van der Waals surface area (Å²) in [5.74, 6) is -0.687. The molecule has 1 aliphatic heterocycles. The molecular weight excluding hydrogens is 375 g/mol. The number of rotatable bonds is 5. The maximum absolute atomic E-state index is 13.1. The normalized spacial score (nSPS) is 15.8. The first kappa shape index (κ1) is 18.3. The highest BCUT2D eigenvalue weighted by molar-refractivity contribution is 8.18. The van der Waals surface area contributed by atoms with Crippen LogP contribution in [0.4, 0.5) is 9.18 Å². The molecule has 0 radical (unpaired) electrons. The Hall–Kier alpha value is -3.12. The summed E-state index contributed by atoms with van der Waals surface area (Å²) in [6, 6.07) is 13.7. The third-order valence-corrected chi connectivity index (χ3v) is 5.47. The van der Waals surface area contributed by atoms with E-state index in [2.05, 4.69) is 11.1 Å². The molecule has 3 aromatic rings. The van der Waals surface area contributed by atoms with Gasteiger partial charge in [-0.25, -0.2) is 4.39 Å². The molecule has 0 spiro atoms. The minimum atomic E-state index is -0.353. The summed E-state index contributed by atoms with van der Waals surface area (Å²) in [5, 5.41) is 0.685. The molecule has 0 bridgehead atoms. The van der Waals surface area contributed by atoms with E-state index in [0.717, 1.165) is 28.2 Å². The van der Waals surface area contributed by atoms with Crippen molar-refractivity contribution in [2.75, 3.05) is 0 Å². The monoisotopic (exact) mass is 392 g/mol. The average Bonchev–Trinajstić information content (AvgIpc) is 3.17. The van der Waals surface area contributed by atoms with Gasteiger partial charge in [0, 0.05) is 29.2 Å². The van der Waals surface area contributed by atoms with Gasteiger partial charge in [0.1, 0.15) is 5.82 Å². The predicted octanol–water partition coefficient (Wildman–Crippen LogP) is 5.20. The van der Waals surface area contributed by atoms with Gasteiger partial charge in [0.15, 0.2) is 0 Å². The Morgan fingerprint density at radius 2 is 1.82 bits per heavy atom. The van der Waals surface area contributed by atoms with Crippen LogP contribution in [-0.2, 0) is 17.9 Å². The highest BCUT2D eigenvalue weighted by atomic mass is 32.2. The van der Waals surface area contributed by atoms with Crippen LogP contribution >= 0.6 is 11.8 Å². The number of aromatic nitrogens is 1. The second-order valence-electron chi connectivity index (χ2n) is 6.44. The summed E-state index contributed by atoms with van der Waals surface area (Å²) in [5.41, 5.74) is 2.62. The fourth-order valence-corrected chi connectivity index (χ4v) is 4.06. The van der Waals surface area contributed by atoms with Gasteiger partial charge in [0.25, 0.3) is 11.1 Å². The lowest BCUT2D eigenvalue weighted by molar-refractivity contribution is -0.123. The van der Waals surface area contributed by atoms with Crippen LogP contribution in [0.2, 0.25) is 0 Å². The van der Waals surface area contributed by atoms with Crippen LogP contribution in [0, 0.1) is 5.82 Å². The molecule has 6 heteroatoms. The number of thioether (sulfide) groups is 1. The molecule has 0 saturated carbocycles. The van der Waals surface area contributed by atoms with Crippen molar-refractivity contribution >= 4 is 39.9 Å². The summed E-state index contributed by atoms with van der Waals surface area (Å²) in [6.45, 7) is 4.56. The highest BCUT2D eigenvalue weighted by Crippen LogP contribution is 2.35. The Bertz CT molecular complexity index is 1120. The third-order valence-electron chi connectivity index (χ3n) is 4.56. The Balaban J connectivity index is 1.65. The number of carbonyl (C=O) groups is 2. The molecule has 2 heterocycles. The van der Waals surface area contributed by atoms with E-state index in [0.29, 0.717) is 17.0 Å². The number of hydrogen-bond acceptors (Lipinski definition) is 3. The van der Waals surface area contributed by atoms with Crippen molar-refractivity contribution in [2.45, 2.75) is 13.1 Å². The SMILES string of the molecule is C=CCn1cc(/C=C2/SC(=O)N(Cc3ccc(F)cc3)C2=O)c2ccccc21. The lowest BCUT2D eigenvalue weighted by Gasteiger charge is -2.12. The third kappa shape index (κ3) is 3.39. The van der Waals surface area contributed by atoms with Gasteiger partial charge in [-0.15, -0.1) is 6.58 Å². The molecule has 28 heavy (non-hydrogen) atoms. The molecule has 1 aromatic heterocycles. The summed E-state index contributed by atoms with van der Waals surface area (Å²) in [7, 11) is 0. The fourth-order valence-electron chi connectivity index (χ4n) is 3.23. The molecular formula is C22H17FN2O2S. The van der Waals surface area contributed by atoms with Crippen LogP contribution < -0.4 is 0 Å². The van der Waals surface area contributed by atoms with Gasteiger partial charge in [-0.2, -0.15) is 0 Å². The molecule has 1 fully saturated rings. The lowest BCUT2D eigenvalue weighted by Crippen LogP contribution is -2.27. The standard InChI is InChI=1S/C22H17FN2O2S/c1-2-11-24-14-16(18-5-3-4-6-19(18)24)12-20-21(26)25(22(27)28-20)13-15-7-9-17(23)10-8-15/h2-10,12,14H,1,11,13H2/b20-12+. The van der Waals surface area contributed by atoms with E-state index in [4.69, 9.17) is 0 Å². The number of halogens is 1. The second-order valence-corrected chi connectivity index (χ2v) is 7.43. The molecule has 1 saturated heterocycles. The number of imide groups is 1. The van der Waals surface area contributed by atoms with E-state index in [1.165, 1.54) is 17.0 Å². The quantitative estimate of drug-likeness (QED) is 0.443. The minimum Gasteiger partial charge on any atom is -0.343 e. The molecule has 0 N–H and O–H groups in total. The van der Waals surface area contributed by atoms with Crippen LogP contribution in [0.15, 0.2) is 72.3 Å². The van der Waals surface area contributed by atoms with Crippen LogP contribution in [0.1, 0.15) is 11.1 Å². The molecule has 0 atom stereocenters. The maximum Gasteiger partial charge on any atom is 0.293 e. The molecule has 0 unspecified atom stereocenters. The van der Waals surface area contributed by atoms with Crippen molar-refractivity contribution < 1.29 is 14.0 Å². The van der Waals surface area contributed by atoms with E-state index < -0.39 is 0 Å². The Morgan fingerprint density at radius 1 is 1.07 bits per heavy atom. The zero-order chi connectivity index (χ0) is 19.7. The second kappa shape index (κ2) is 7.48. The van der Waals surface area contributed by atoms with E-state index in [9.17, 15) is 14.0 Å². The van der Waals surface area contributed by atoms with Crippen molar-refractivity contribution in [2.24, 2.45) is 0 Å². The summed E-state index contributed by atoms with van der Waals surface area (Å²) >= 11 is 0.925. The Kier molecular flexibility index (Phi) is 4.88. The van der Waals surface area contributed by atoms with Gasteiger partial charge in [-0.05, 0) is 41.6 Å². The smallest absolute Gasteiger partial charge is 0.293 e. The number of carbonyl (C=O) groups excluding carboxylic acids is 2. The number of fused-ring (bicyclic) bond motifs is 1. The van der Waals surface area contributed by atoms with Gasteiger partial charge in [-0.3, -0.25) is 14.5 Å². The maximum atomic E-state index is 13.1. The predicted molar refractivity (Wildman–Crippen MR) is 110 cm³/mol. The largest absolute Gasteiger partial charge is 0.343 e. The number of allylic oxidation sites excluding steroid dienone is 1. The van der Waals surface area contributed by atoms with Crippen LogP contribution in [0.3, 0.4) is 0 Å². The summed E-state index contributed by atoms with van der Waals surface area (Å²) < 4.78 is 15.1. The number of para-hydroxylation sites is 1. The number of benzene rings is 2. The van der Waals surface area contributed by atoms with Crippen LogP contribution in [-0.4, -0.2) is 20.6 Å². The van der Waals surface area contributed by atoms with Crippen molar-refractivity contribution in [3.05, 3.63) is 89.2 Å². The summed E-state index contributed by atoms with van der Waals surface area (Å²) in [4.78, 5) is 26.7. The summed E-state index contributed by atoms with van der Waals surface area (Å²) in [6.07, 6.45) is 5.53. The molecule has 0 aliphatic carbocycles. The zero-order valence-corrected chi connectivity index (χ0v) is 15.8. The van der Waals surface area contributed by atoms with Crippen LogP contribution in [0.5, 0.6) is 0 Å². The van der Waals surface area contributed by atoms with Gasteiger partial charge < -0.3 is 4.57 Å². The van der Waals surface area contributed by atoms with Crippen molar-refractivity contribution in [1.29, 1.82) is 0 Å². The zero-order valence-electron chi connectivity index (χ0n) is 15.0. The molecule has 1 aliphatic rings. The van der Waals surface area contributed by atoms with Crippen molar-refractivity contribution in [1.82, 2.24) is 9.47 Å². The topological polar surface area (TPSA) is 42.3 Å². The van der Waals surface area contributed by atoms with Crippen LogP contribution in [0.25, 0.3) is 17.0 Å². The first-order valence-electron chi connectivity index (χ1n) is 8.75. The van der Waals surface area contributed by atoms with Gasteiger partial charge in [0.05, 0.1) is 11.4 Å². The van der Waals surface area contributed by atoms with E-state index in [1.807, 2.05) is 36.5 Å². The first-order chi connectivity index (χ1) is 13.6. The van der Waals surface area contributed by atoms with E-state index >= 15 is 0 Å². The first-order valence-corrected chi connectivity index (χ1v) is 9.57. The van der Waals surface area contributed by atoms with Gasteiger partial charge >= 0.3 is 0 Å². The number of hydrogen-bond donors (Lipinski definition) is 0. The van der Waals surface area contributed by atoms with Gasteiger partial charge in [-0.1, -0.05) is 36.4 Å². The molecule has 2 aromatic carbocycles. The van der Waals surface area contributed by atoms with E-state index in [1.54, 1.807) is 18.2 Å². The number of amides is 2. The minimum absolute atomic E-state index is 0.126. The Morgan fingerprint density at radius 3 is 2.57 bits per heavy atom. The average molecular weight is 392 g/mol. The lowest BCUT2D eigenvalue weighted by atomic mass is 10.1. The molecule has 2 amide bonds. The molecule has 4 rings (SSSR count). The Labute approximate surface area is 165 Å². The van der Waals surface area contributed by atoms with Crippen molar-refractivity contribution in [3.63, 3.8) is 0 Å².